The number of amides is 2. The quantitative estimate of drug-likeness (QED) is 0.542. The van der Waals surface area contributed by atoms with Gasteiger partial charge in [-0.1, -0.05) is 18.2 Å². The number of sulfone groups is 1. The third-order valence-corrected chi connectivity index (χ3v) is 8.80. The average molecular weight is 504 g/mol. The predicted molar refractivity (Wildman–Crippen MR) is 124 cm³/mol. The Balaban J connectivity index is 1.80. The first-order chi connectivity index (χ1) is 16.2. The van der Waals surface area contributed by atoms with Crippen molar-refractivity contribution in [2.24, 2.45) is 0 Å². The first-order valence-electron chi connectivity index (χ1n) is 10.5. The Bertz CT molecular complexity index is 1350. The van der Waals surface area contributed by atoms with Gasteiger partial charge in [0, 0.05) is 31.3 Å². The molecule has 0 spiro atoms. The van der Waals surface area contributed by atoms with Gasteiger partial charge in [0.2, 0.25) is 9.84 Å². The van der Waals surface area contributed by atoms with E-state index >= 15 is 0 Å². The molecule has 1 aromatic heterocycles. The molecule has 0 radical (unpaired) electrons. The van der Waals surface area contributed by atoms with E-state index in [-0.39, 0.29) is 43.4 Å². The molecule has 1 saturated heterocycles. The second-order valence-electron chi connectivity index (χ2n) is 7.89. The first kappa shape index (κ1) is 23.8. The zero-order valence-electron chi connectivity index (χ0n) is 18.3. The minimum absolute atomic E-state index is 0.00847. The highest BCUT2D eigenvalue weighted by Gasteiger charge is 2.30. The van der Waals surface area contributed by atoms with E-state index in [9.17, 15) is 27.5 Å². The van der Waals surface area contributed by atoms with Gasteiger partial charge in [0.25, 0.3) is 5.91 Å². The van der Waals surface area contributed by atoms with Gasteiger partial charge in [-0.2, -0.15) is 0 Å². The summed E-state index contributed by atoms with van der Waals surface area (Å²) in [6.45, 7) is 1.09. The Kier molecular flexibility index (Phi) is 6.67. The number of hydrogen-bond donors (Lipinski definition) is 1. The molecule has 0 bridgehead atoms. The number of carbonyl (C=O) groups is 2. The van der Waals surface area contributed by atoms with Crippen LogP contribution in [0.4, 0.5) is 9.18 Å². The normalized spacial score (nSPS) is 13.8. The van der Waals surface area contributed by atoms with Gasteiger partial charge in [-0.05, 0) is 43.2 Å². The molecule has 8 nitrogen and oxygen atoms in total. The number of likely N-dealkylation sites (tertiary alicyclic amines) is 1. The van der Waals surface area contributed by atoms with Gasteiger partial charge in [-0.25, -0.2) is 22.6 Å². The summed E-state index contributed by atoms with van der Waals surface area (Å²) in [5.74, 6) is -0.891. The number of carbonyl (C=O) groups excluding carboxylic acids is 1. The van der Waals surface area contributed by atoms with Crippen molar-refractivity contribution in [2.45, 2.75) is 28.5 Å². The fourth-order valence-electron chi connectivity index (χ4n) is 3.70. The fourth-order valence-corrected chi connectivity index (χ4v) is 6.74. The standard InChI is InChI=1S/C23H22FN3O5S2/c1-26(23(29)30)14-19-25-20(17-9-2-3-10-18(17)24)22(33-19)34(31,32)16-8-6-7-15(13-16)21(28)27-11-4-5-12-27/h2-3,6-10,13H,4-5,11-12,14H2,1H3,(H,29,30). The summed E-state index contributed by atoms with van der Waals surface area (Å²) in [5, 5.41) is 9.38. The number of nitrogens with zero attached hydrogens (tertiary/aromatic N) is 3. The maximum absolute atomic E-state index is 14.6. The molecule has 2 aromatic carbocycles. The highest BCUT2D eigenvalue weighted by Crippen LogP contribution is 2.37. The van der Waals surface area contributed by atoms with Gasteiger partial charge in [0.05, 0.1) is 11.4 Å². The summed E-state index contributed by atoms with van der Waals surface area (Å²) in [7, 11) is -2.87. The Morgan fingerprint density at radius 3 is 2.53 bits per heavy atom. The summed E-state index contributed by atoms with van der Waals surface area (Å²) in [4.78, 5) is 30.9. The smallest absolute Gasteiger partial charge is 0.407 e. The number of rotatable bonds is 6. The molecule has 1 aliphatic heterocycles. The van der Waals surface area contributed by atoms with Crippen molar-refractivity contribution in [3.05, 3.63) is 64.9 Å². The Labute approximate surface area is 200 Å². The number of aromatic nitrogens is 1. The lowest BCUT2D eigenvalue weighted by molar-refractivity contribution is 0.0792. The summed E-state index contributed by atoms with van der Waals surface area (Å²) in [5.41, 5.74) is 0.157. The number of hydrogen-bond acceptors (Lipinski definition) is 6. The summed E-state index contributed by atoms with van der Waals surface area (Å²) < 4.78 is 41.7. The largest absolute Gasteiger partial charge is 0.465 e. The van der Waals surface area contributed by atoms with Crippen molar-refractivity contribution in [1.82, 2.24) is 14.8 Å². The third-order valence-electron chi connectivity index (χ3n) is 5.50. The minimum Gasteiger partial charge on any atom is -0.465 e. The van der Waals surface area contributed by atoms with Crippen molar-refractivity contribution < 1.29 is 27.5 Å². The molecule has 178 valence electrons. The van der Waals surface area contributed by atoms with Crippen LogP contribution in [0.3, 0.4) is 0 Å². The second-order valence-corrected chi connectivity index (χ2v) is 11.1. The molecule has 1 N–H and O–H groups in total. The lowest BCUT2D eigenvalue weighted by Crippen LogP contribution is -2.27. The van der Waals surface area contributed by atoms with E-state index in [2.05, 4.69) is 4.98 Å². The van der Waals surface area contributed by atoms with Gasteiger partial charge in [0.1, 0.15) is 16.5 Å². The van der Waals surface area contributed by atoms with Crippen LogP contribution in [0.2, 0.25) is 0 Å². The molecular formula is C23H22FN3O5S2. The van der Waals surface area contributed by atoms with Crippen molar-refractivity contribution in [3.8, 4) is 11.3 Å². The molecule has 0 atom stereocenters. The number of halogens is 1. The molecule has 0 saturated carbocycles. The van der Waals surface area contributed by atoms with Crippen LogP contribution in [0.5, 0.6) is 0 Å². The lowest BCUT2D eigenvalue weighted by Gasteiger charge is -2.15. The fraction of sp³-hybridized carbons (Fsp3) is 0.261. The van der Waals surface area contributed by atoms with Crippen LogP contribution in [0.1, 0.15) is 28.2 Å². The molecule has 2 amide bonds. The molecule has 11 heteroatoms. The molecular weight excluding hydrogens is 481 g/mol. The SMILES string of the molecule is CN(Cc1nc(-c2ccccc2F)c(S(=O)(=O)c2cccc(C(=O)N3CCCC3)c2)s1)C(=O)O. The van der Waals surface area contributed by atoms with E-state index in [1.807, 2.05) is 0 Å². The lowest BCUT2D eigenvalue weighted by atomic mass is 10.1. The third kappa shape index (κ3) is 4.66. The van der Waals surface area contributed by atoms with Gasteiger partial charge in [0.15, 0.2) is 4.21 Å². The molecule has 34 heavy (non-hydrogen) atoms. The molecule has 2 heterocycles. The van der Waals surface area contributed by atoms with Gasteiger partial charge in [-0.15, -0.1) is 11.3 Å². The Morgan fingerprint density at radius 1 is 1.15 bits per heavy atom. The maximum Gasteiger partial charge on any atom is 0.407 e. The van der Waals surface area contributed by atoms with Crippen molar-refractivity contribution in [2.75, 3.05) is 20.1 Å². The van der Waals surface area contributed by atoms with E-state index in [4.69, 9.17) is 0 Å². The maximum atomic E-state index is 14.6. The highest BCUT2D eigenvalue weighted by atomic mass is 32.2. The minimum atomic E-state index is -4.20. The second kappa shape index (κ2) is 9.51. The van der Waals surface area contributed by atoms with Crippen LogP contribution < -0.4 is 0 Å². The molecule has 1 aliphatic rings. The van der Waals surface area contributed by atoms with Crippen LogP contribution in [-0.4, -0.2) is 60.4 Å². The van der Waals surface area contributed by atoms with Gasteiger partial charge >= 0.3 is 6.09 Å². The summed E-state index contributed by atoms with van der Waals surface area (Å²) >= 11 is 0.784. The predicted octanol–water partition coefficient (Wildman–Crippen LogP) is 4.13. The number of carboxylic acid groups (broad SMARTS) is 1. The topological polar surface area (TPSA) is 108 Å². The zero-order chi connectivity index (χ0) is 24.5. The van der Waals surface area contributed by atoms with Crippen LogP contribution in [0, 0.1) is 5.82 Å². The summed E-state index contributed by atoms with van der Waals surface area (Å²) in [6.07, 6.45) is 0.606. The molecule has 4 rings (SSSR count). The Morgan fingerprint density at radius 2 is 1.85 bits per heavy atom. The van der Waals surface area contributed by atoms with E-state index in [0.717, 1.165) is 29.1 Å². The van der Waals surface area contributed by atoms with E-state index < -0.39 is 21.7 Å². The van der Waals surface area contributed by atoms with Crippen molar-refractivity contribution >= 4 is 33.2 Å². The van der Waals surface area contributed by atoms with E-state index in [1.54, 1.807) is 17.0 Å². The van der Waals surface area contributed by atoms with E-state index in [0.29, 0.717) is 13.1 Å². The average Bonchev–Trinajstić information content (AvgIpc) is 3.50. The van der Waals surface area contributed by atoms with E-state index in [1.165, 1.54) is 43.4 Å². The highest BCUT2D eigenvalue weighted by molar-refractivity contribution is 7.93. The van der Waals surface area contributed by atoms with Crippen LogP contribution in [0.15, 0.2) is 57.6 Å². The van der Waals surface area contributed by atoms with Crippen molar-refractivity contribution in [1.29, 1.82) is 0 Å². The zero-order valence-corrected chi connectivity index (χ0v) is 19.9. The molecule has 3 aromatic rings. The van der Waals surface area contributed by atoms with Crippen LogP contribution in [0.25, 0.3) is 11.3 Å². The monoisotopic (exact) mass is 503 g/mol. The van der Waals surface area contributed by atoms with Crippen LogP contribution in [-0.2, 0) is 16.4 Å². The van der Waals surface area contributed by atoms with Gasteiger partial charge < -0.3 is 14.9 Å². The van der Waals surface area contributed by atoms with Crippen LogP contribution >= 0.6 is 11.3 Å². The van der Waals surface area contributed by atoms with Crippen molar-refractivity contribution in [3.63, 3.8) is 0 Å². The number of benzene rings is 2. The Hall–Kier alpha value is -3.31. The first-order valence-corrected chi connectivity index (χ1v) is 12.8. The number of thiazole rings is 1. The molecule has 1 fully saturated rings. The van der Waals surface area contributed by atoms with Gasteiger partial charge in [-0.3, -0.25) is 4.79 Å². The molecule has 0 unspecified atom stereocenters. The molecule has 0 aliphatic carbocycles. The summed E-state index contributed by atoms with van der Waals surface area (Å²) in [6, 6.07) is 11.4.